The number of aryl methyl sites for hydroxylation is 2. The second-order valence-corrected chi connectivity index (χ2v) is 37.4. The van der Waals surface area contributed by atoms with Crippen molar-refractivity contribution >= 4 is 75.4 Å². The first-order valence-electron chi connectivity index (χ1n) is 49.4. The SMILES string of the molecule is Cc1ccc(-c2cc(-c3ccc(C)cc3)nc(-c3cc(-c4ccccc4)cc(-c4cc5ccccc5c5ccccc45)c3)c2)cc1.c1ccc(-c2cc(-c3cc(-c4ccc5ccccc5c4)cc(-c4cc5ccccc5c5ccccc45)c3)cc(-c3ccccc3)n2)cc1.c1ccc(-c2ccc(-c3cc(-c4ccccc4)cc(-c4cc(-c5ccccc5)nc(-c5cc6ccccc6c6ccccc56)c4)c3)cc2)cc1. The molecule has 0 spiro atoms. The quantitative estimate of drug-likeness (QED) is 0.0905. The predicted molar refractivity (Wildman–Crippen MR) is 612 cm³/mol. The van der Waals surface area contributed by atoms with E-state index in [0.29, 0.717) is 0 Å². The Morgan fingerprint density at radius 1 is 0.104 bits per heavy atom. The number of rotatable bonds is 16. The third-order valence-corrected chi connectivity index (χ3v) is 28.0. The summed E-state index contributed by atoms with van der Waals surface area (Å²) in [6.45, 7) is 4.26. The van der Waals surface area contributed by atoms with Crippen LogP contribution in [0.1, 0.15) is 11.1 Å². The average molecular weight is 1830 g/mol. The van der Waals surface area contributed by atoms with E-state index in [9.17, 15) is 0 Å². The van der Waals surface area contributed by atoms with Gasteiger partial charge in [-0.2, -0.15) is 0 Å². The van der Waals surface area contributed by atoms with Crippen LogP contribution < -0.4 is 0 Å². The van der Waals surface area contributed by atoms with Crippen molar-refractivity contribution in [1.82, 2.24) is 15.0 Å². The topological polar surface area (TPSA) is 38.7 Å². The van der Waals surface area contributed by atoms with E-state index in [-0.39, 0.29) is 0 Å². The average Bonchev–Trinajstić information content (AvgIpc) is 0.758. The Morgan fingerprint density at radius 3 is 0.701 bits per heavy atom. The number of hydrogen-bond acceptors (Lipinski definition) is 3. The number of nitrogens with zero attached hydrogens (tertiary/aromatic N) is 3. The van der Waals surface area contributed by atoms with Crippen molar-refractivity contribution < 1.29 is 0 Å². The highest BCUT2D eigenvalue weighted by Crippen LogP contribution is 2.47. The fraction of sp³-hybridized carbons (Fsp3) is 0.0142. The van der Waals surface area contributed by atoms with Crippen LogP contribution in [0.3, 0.4) is 0 Å². The number of hydrogen-bond donors (Lipinski definition) is 0. The van der Waals surface area contributed by atoms with Crippen molar-refractivity contribution in [2.75, 3.05) is 0 Å². The van der Waals surface area contributed by atoms with Crippen LogP contribution in [0.5, 0.6) is 0 Å². The van der Waals surface area contributed by atoms with Crippen molar-refractivity contribution in [2.24, 2.45) is 0 Å². The molecule has 23 aromatic carbocycles. The molecule has 0 saturated carbocycles. The zero-order chi connectivity index (χ0) is 96.2. The minimum atomic E-state index is 0.953. The molecule has 0 aliphatic carbocycles. The van der Waals surface area contributed by atoms with Gasteiger partial charge >= 0.3 is 0 Å². The Labute approximate surface area is 840 Å². The summed E-state index contributed by atoms with van der Waals surface area (Å²) in [6.07, 6.45) is 0. The van der Waals surface area contributed by atoms with Crippen molar-refractivity contribution in [1.29, 1.82) is 0 Å². The van der Waals surface area contributed by atoms with Crippen LogP contribution in [0.25, 0.3) is 254 Å². The lowest BCUT2D eigenvalue weighted by Gasteiger charge is -2.16. The van der Waals surface area contributed by atoms with E-state index in [0.717, 1.165) is 95.4 Å². The molecule has 3 aromatic heterocycles. The monoisotopic (exact) mass is 1830 g/mol. The third-order valence-electron chi connectivity index (χ3n) is 28.0. The van der Waals surface area contributed by atoms with Crippen LogP contribution in [0.4, 0.5) is 0 Å². The largest absolute Gasteiger partial charge is 0.248 e. The zero-order valence-electron chi connectivity index (χ0n) is 79.9. The summed E-state index contributed by atoms with van der Waals surface area (Å²) in [6, 6.07) is 199. The minimum Gasteiger partial charge on any atom is -0.248 e. The van der Waals surface area contributed by atoms with Crippen molar-refractivity contribution in [3.63, 3.8) is 0 Å². The van der Waals surface area contributed by atoms with Gasteiger partial charge < -0.3 is 0 Å². The van der Waals surface area contributed by atoms with Crippen LogP contribution in [0.15, 0.2) is 552 Å². The molecule has 26 aromatic rings. The molecule has 144 heavy (non-hydrogen) atoms. The van der Waals surface area contributed by atoms with Crippen LogP contribution in [-0.2, 0) is 0 Å². The van der Waals surface area contributed by atoms with E-state index in [4.69, 9.17) is 15.0 Å². The van der Waals surface area contributed by atoms with Gasteiger partial charge in [0.1, 0.15) is 0 Å². The summed E-state index contributed by atoms with van der Waals surface area (Å²) in [5.41, 5.74) is 38.5. The summed E-state index contributed by atoms with van der Waals surface area (Å²) < 4.78 is 0. The van der Waals surface area contributed by atoms with Gasteiger partial charge in [-0.1, -0.05) is 448 Å². The Hall–Kier alpha value is -18.7. The first kappa shape index (κ1) is 88.1. The zero-order valence-corrected chi connectivity index (χ0v) is 79.9. The van der Waals surface area contributed by atoms with E-state index in [2.05, 4.69) is 566 Å². The summed E-state index contributed by atoms with van der Waals surface area (Å²) >= 11 is 0. The van der Waals surface area contributed by atoms with E-state index >= 15 is 0 Å². The molecule has 0 radical (unpaired) electrons. The van der Waals surface area contributed by atoms with E-state index in [1.165, 1.54) is 170 Å². The Kier molecular flexibility index (Phi) is 24.0. The standard InChI is InChI=1S/C49H33N.C47H31N.C45H33N/c1-4-14-34(15-5-1)36-24-26-37(27-25-36)41-28-40(35-16-6-2-7-17-35)29-42(30-41)43-32-48(38-18-8-3-9-19-38)50-49(33-43)47-31-39-20-10-11-21-44(39)45-22-12-13-23-46(45)47;1-3-14-33(15-4-1)46-30-40(31-47(48-46)34-16-5-2-6-17-34)39-26-38(36-24-23-32-13-7-8-18-35(32)25-36)27-41(28-39)45-29-37-19-9-10-20-42(37)43-21-11-12-22-44(43)45;1-30-16-20-33(21-17-30)37-28-44(34-22-18-31(2)19-23-34)46-45(29-37)39-25-36(32-10-4-3-5-11-32)24-38(26-39)43-27-35-12-6-7-13-40(35)41-14-8-9-15-42(41)43/h1-33H;1-31H;3-29H,1-2H3. The smallest absolute Gasteiger partial charge is 0.0722 e. The van der Waals surface area contributed by atoms with Crippen molar-refractivity contribution in [2.45, 2.75) is 13.8 Å². The normalized spacial score (nSPS) is 11.3. The van der Waals surface area contributed by atoms with E-state index in [1.54, 1.807) is 0 Å². The minimum absolute atomic E-state index is 0.953. The second kappa shape index (κ2) is 39.3. The maximum absolute atomic E-state index is 5.36. The van der Waals surface area contributed by atoms with Gasteiger partial charge in [0.05, 0.1) is 34.2 Å². The fourth-order valence-corrected chi connectivity index (χ4v) is 20.6. The number of aromatic nitrogens is 3. The van der Waals surface area contributed by atoms with Crippen LogP contribution >= 0.6 is 0 Å². The molecule has 0 aliphatic heterocycles. The summed E-state index contributed by atoms with van der Waals surface area (Å²) in [4.78, 5) is 15.9. The van der Waals surface area contributed by atoms with Gasteiger partial charge in [0.15, 0.2) is 0 Å². The number of pyridine rings is 3. The lowest BCUT2D eigenvalue weighted by Crippen LogP contribution is -1.93. The number of benzene rings is 23. The van der Waals surface area contributed by atoms with Crippen LogP contribution in [0.2, 0.25) is 0 Å². The number of fused-ring (bicyclic) bond motifs is 10. The van der Waals surface area contributed by atoms with Crippen LogP contribution in [0, 0.1) is 13.8 Å². The highest BCUT2D eigenvalue weighted by Gasteiger charge is 2.22. The molecule has 26 rings (SSSR count). The second-order valence-electron chi connectivity index (χ2n) is 37.4. The molecule has 0 atom stereocenters. The van der Waals surface area contributed by atoms with Crippen molar-refractivity contribution in [3.05, 3.63) is 563 Å². The van der Waals surface area contributed by atoms with E-state index in [1.807, 2.05) is 0 Å². The molecule has 0 unspecified atom stereocenters. The van der Waals surface area contributed by atoms with Gasteiger partial charge in [0.2, 0.25) is 0 Å². The van der Waals surface area contributed by atoms with Gasteiger partial charge in [0, 0.05) is 33.4 Å². The van der Waals surface area contributed by atoms with Crippen molar-refractivity contribution in [3.8, 4) is 179 Å². The summed E-state index contributed by atoms with van der Waals surface area (Å²) in [5.74, 6) is 0. The summed E-state index contributed by atoms with van der Waals surface area (Å²) in [5, 5.41) is 17.4. The molecule has 0 N–H and O–H groups in total. The third kappa shape index (κ3) is 18.3. The molecule has 3 nitrogen and oxygen atoms in total. The van der Waals surface area contributed by atoms with Crippen LogP contribution in [-0.4, -0.2) is 15.0 Å². The Bertz CT molecular complexity index is 9150. The first-order valence-corrected chi connectivity index (χ1v) is 49.4. The predicted octanol–water partition coefficient (Wildman–Crippen LogP) is 38.6. The molecule has 3 heterocycles. The molecule has 0 bridgehead atoms. The molecule has 3 heteroatoms. The summed E-state index contributed by atoms with van der Waals surface area (Å²) in [7, 11) is 0. The Morgan fingerprint density at radius 2 is 0.312 bits per heavy atom. The maximum atomic E-state index is 5.36. The van der Waals surface area contributed by atoms with Gasteiger partial charge in [-0.3, -0.25) is 0 Å². The molecular weight excluding hydrogens is 1740 g/mol. The lowest BCUT2D eigenvalue weighted by molar-refractivity contribution is 1.32. The lowest BCUT2D eigenvalue weighted by atomic mass is 9.88. The highest BCUT2D eigenvalue weighted by molar-refractivity contribution is 6.17. The van der Waals surface area contributed by atoms with Gasteiger partial charge in [-0.05, 0) is 316 Å². The molecule has 0 aliphatic rings. The Balaban J connectivity index is 0.000000116. The van der Waals surface area contributed by atoms with Gasteiger partial charge in [-0.25, -0.2) is 15.0 Å². The molecule has 0 fully saturated rings. The first-order chi connectivity index (χ1) is 71.1. The maximum Gasteiger partial charge on any atom is 0.0722 e. The highest BCUT2D eigenvalue weighted by atomic mass is 14.7. The molecular formula is C141H97N3. The van der Waals surface area contributed by atoms with E-state index < -0.39 is 0 Å². The van der Waals surface area contributed by atoms with Gasteiger partial charge in [-0.15, -0.1) is 0 Å². The van der Waals surface area contributed by atoms with Gasteiger partial charge in [0.25, 0.3) is 0 Å². The molecule has 0 saturated heterocycles. The molecule has 0 amide bonds. The fourth-order valence-electron chi connectivity index (χ4n) is 20.6. The molecule has 676 valence electrons.